The summed E-state index contributed by atoms with van der Waals surface area (Å²) in [5.74, 6) is 0.752. The van der Waals surface area contributed by atoms with Crippen molar-refractivity contribution in [3.05, 3.63) is 11.8 Å². The Morgan fingerprint density at radius 2 is 1.95 bits per heavy atom. The van der Waals surface area contributed by atoms with Gasteiger partial charge in [0.1, 0.15) is 11.8 Å². The van der Waals surface area contributed by atoms with Gasteiger partial charge in [0.25, 0.3) is 0 Å². The van der Waals surface area contributed by atoms with Crippen LogP contribution < -0.4 is 0 Å². The first-order chi connectivity index (χ1) is 10.6. The quantitative estimate of drug-likeness (QED) is 0.698. The summed E-state index contributed by atoms with van der Waals surface area (Å²) in [6, 6.07) is 1.97. The zero-order valence-corrected chi connectivity index (χ0v) is 15.4. The van der Waals surface area contributed by atoms with E-state index in [1.807, 2.05) is 45.6 Å². The molecule has 4 nitrogen and oxygen atoms in total. The van der Waals surface area contributed by atoms with Gasteiger partial charge < -0.3 is 4.90 Å². The highest BCUT2D eigenvalue weighted by Crippen LogP contribution is 2.22. The number of aliphatic imine (C=N–C) groups is 1. The highest BCUT2D eigenvalue weighted by atomic mass is 16.2. The lowest BCUT2D eigenvalue weighted by atomic mass is 10.0. The van der Waals surface area contributed by atoms with Crippen LogP contribution in [0, 0.1) is 17.2 Å². The fraction of sp³-hybridized carbons (Fsp3) is 0.722. The fourth-order valence-electron chi connectivity index (χ4n) is 2.19. The van der Waals surface area contributed by atoms with Crippen LogP contribution in [0.4, 0.5) is 0 Å². The topological polar surface area (TPSA) is 56.5 Å². The van der Waals surface area contributed by atoms with Crippen LogP contribution >= 0.6 is 0 Å². The summed E-state index contributed by atoms with van der Waals surface area (Å²) in [4.78, 5) is 17.7. The van der Waals surface area contributed by atoms with Crippen molar-refractivity contribution >= 4 is 11.6 Å². The van der Waals surface area contributed by atoms with Crippen molar-refractivity contribution < 1.29 is 4.79 Å². The lowest BCUT2D eigenvalue weighted by Crippen LogP contribution is -2.26. The molecule has 1 atom stereocenters. The number of nitrogens with zero attached hydrogens (tertiary/aromatic N) is 3. The maximum Gasteiger partial charge on any atom is 0.223 e. The molecular formula is C18H33N3O. The summed E-state index contributed by atoms with van der Waals surface area (Å²) in [7, 11) is 0. The summed E-state index contributed by atoms with van der Waals surface area (Å²) in [6.45, 7) is 15.2. The van der Waals surface area contributed by atoms with Gasteiger partial charge in [0.15, 0.2) is 0 Å². The second-order valence-corrected chi connectivity index (χ2v) is 4.93. The van der Waals surface area contributed by atoms with Crippen LogP contribution in [0.25, 0.3) is 0 Å². The predicted octanol–water partition coefficient (Wildman–Crippen LogP) is 4.58. The van der Waals surface area contributed by atoms with Crippen LogP contribution in [-0.4, -0.2) is 29.6 Å². The number of hydrogen-bond donors (Lipinski definition) is 0. The Kier molecular flexibility index (Phi) is 14.7. The van der Waals surface area contributed by atoms with E-state index in [0.717, 1.165) is 25.0 Å². The van der Waals surface area contributed by atoms with Crippen molar-refractivity contribution in [1.29, 1.82) is 5.26 Å². The molecule has 0 bridgehead atoms. The van der Waals surface area contributed by atoms with Crippen LogP contribution in [0.2, 0.25) is 0 Å². The molecule has 1 heterocycles. The first-order valence-corrected chi connectivity index (χ1v) is 8.44. The van der Waals surface area contributed by atoms with Crippen molar-refractivity contribution in [1.82, 2.24) is 4.90 Å². The number of carbonyl (C=O) groups excluding carboxylic acids is 1. The van der Waals surface area contributed by atoms with E-state index in [1.54, 1.807) is 13.1 Å². The van der Waals surface area contributed by atoms with Gasteiger partial charge in [-0.1, -0.05) is 41.0 Å². The lowest BCUT2D eigenvalue weighted by molar-refractivity contribution is -0.127. The van der Waals surface area contributed by atoms with Crippen molar-refractivity contribution in [3.63, 3.8) is 0 Å². The van der Waals surface area contributed by atoms with Gasteiger partial charge in [0.2, 0.25) is 5.91 Å². The zero-order valence-electron chi connectivity index (χ0n) is 15.4. The van der Waals surface area contributed by atoms with E-state index in [4.69, 9.17) is 5.26 Å². The fourth-order valence-corrected chi connectivity index (χ4v) is 2.19. The molecule has 1 amide bonds. The van der Waals surface area contributed by atoms with Crippen molar-refractivity contribution in [2.24, 2.45) is 10.9 Å². The van der Waals surface area contributed by atoms with Crippen molar-refractivity contribution in [3.8, 4) is 6.07 Å². The predicted molar refractivity (Wildman–Crippen MR) is 94.8 cm³/mol. The largest absolute Gasteiger partial charge is 0.338 e. The Balaban J connectivity index is 0. The van der Waals surface area contributed by atoms with E-state index in [9.17, 15) is 4.79 Å². The Morgan fingerprint density at radius 1 is 1.36 bits per heavy atom. The van der Waals surface area contributed by atoms with E-state index in [0.29, 0.717) is 24.6 Å². The van der Waals surface area contributed by atoms with E-state index in [1.165, 1.54) is 0 Å². The number of likely N-dealkylation sites (tertiary alicyclic amines) is 1. The van der Waals surface area contributed by atoms with E-state index in [2.05, 4.69) is 11.9 Å². The Hall–Kier alpha value is -1.63. The van der Waals surface area contributed by atoms with E-state index in [-0.39, 0.29) is 5.91 Å². The minimum atomic E-state index is 0.238. The van der Waals surface area contributed by atoms with Crippen LogP contribution in [-0.2, 0) is 4.79 Å². The number of amides is 1. The molecule has 1 aliphatic heterocycles. The zero-order chi connectivity index (χ0) is 17.5. The molecule has 0 saturated carbocycles. The van der Waals surface area contributed by atoms with Gasteiger partial charge in [-0.15, -0.1) is 0 Å². The average Bonchev–Trinajstić information content (AvgIpc) is 2.88. The standard InChI is InChI=1S/C14H21N3O.2C2H6/c1-4-5-13-6-14(18)17(10-13)9-11(2)8-16-12(3)7-15;2*1-2/h8,13H,4-6,9-10H2,1-3H3;2*1-2H3/b11-8+,16-12?;;. The number of hydrogen-bond acceptors (Lipinski definition) is 3. The van der Waals surface area contributed by atoms with Crippen molar-refractivity contribution in [2.45, 2.75) is 67.7 Å². The van der Waals surface area contributed by atoms with Crippen LogP contribution in [0.15, 0.2) is 16.8 Å². The number of rotatable bonds is 5. The lowest BCUT2D eigenvalue weighted by Gasteiger charge is -2.16. The van der Waals surface area contributed by atoms with E-state index < -0.39 is 0 Å². The first-order valence-electron chi connectivity index (χ1n) is 8.44. The molecule has 1 saturated heterocycles. The molecule has 0 aromatic rings. The third-order valence-electron chi connectivity index (χ3n) is 3.07. The summed E-state index contributed by atoms with van der Waals surface area (Å²) >= 11 is 0. The molecule has 1 rings (SSSR count). The maximum absolute atomic E-state index is 11.8. The van der Waals surface area contributed by atoms with Crippen LogP contribution in [0.5, 0.6) is 0 Å². The third-order valence-corrected chi connectivity index (χ3v) is 3.07. The van der Waals surface area contributed by atoms with Gasteiger partial charge in [-0.3, -0.25) is 9.79 Å². The van der Waals surface area contributed by atoms with Crippen LogP contribution in [0.3, 0.4) is 0 Å². The van der Waals surface area contributed by atoms with Gasteiger partial charge >= 0.3 is 0 Å². The van der Waals surface area contributed by atoms with Gasteiger partial charge in [0.05, 0.1) is 0 Å². The molecule has 1 unspecified atom stereocenters. The number of nitriles is 1. The Labute approximate surface area is 136 Å². The number of carbonyl (C=O) groups is 1. The molecule has 126 valence electrons. The highest BCUT2D eigenvalue weighted by Gasteiger charge is 2.28. The maximum atomic E-state index is 11.8. The Morgan fingerprint density at radius 3 is 2.45 bits per heavy atom. The molecule has 1 fully saturated rings. The van der Waals surface area contributed by atoms with Gasteiger partial charge in [-0.25, -0.2) is 0 Å². The smallest absolute Gasteiger partial charge is 0.223 e. The molecule has 0 radical (unpaired) electrons. The Bertz CT molecular complexity index is 405. The van der Waals surface area contributed by atoms with Gasteiger partial charge in [-0.05, 0) is 31.8 Å². The molecule has 0 spiro atoms. The molecule has 0 aromatic heterocycles. The average molecular weight is 307 g/mol. The monoisotopic (exact) mass is 307 g/mol. The molecule has 22 heavy (non-hydrogen) atoms. The van der Waals surface area contributed by atoms with Crippen molar-refractivity contribution in [2.75, 3.05) is 13.1 Å². The summed E-state index contributed by atoms with van der Waals surface area (Å²) < 4.78 is 0. The molecule has 0 N–H and O–H groups in total. The minimum absolute atomic E-state index is 0.238. The summed E-state index contributed by atoms with van der Waals surface area (Å²) in [6.07, 6.45) is 4.61. The first kappa shape index (κ1) is 22.6. The minimum Gasteiger partial charge on any atom is -0.338 e. The second kappa shape index (κ2) is 14.3. The molecular weight excluding hydrogens is 274 g/mol. The van der Waals surface area contributed by atoms with E-state index >= 15 is 0 Å². The molecule has 0 aromatic carbocycles. The second-order valence-electron chi connectivity index (χ2n) is 4.93. The van der Waals surface area contributed by atoms with Gasteiger partial charge in [0, 0.05) is 25.7 Å². The van der Waals surface area contributed by atoms with Gasteiger partial charge in [-0.2, -0.15) is 5.26 Å². The molecule has 4 heteroatoms. The molecule has 1 aliphatic rings. The summed E-state index contributed by atoms with van der Waals surface area (Å²) in [5.41, 5.74) is 1.45. The normalized spacial score (nSPS) is 18.0. The summed E-state index contributed by atoms with van der Waals surface area (Å²) in [5, 5.41) is 8.59. The third kappa shape index (κ3) is 9.33. The van der Waals surface area contributed by atoms with Crippen LogP contribution in [0.1, 0.15) is 67.7 Å². The molecule has 0 aliphatic carbocycles. The highest BCUT2D eigenvalue weighted by molar-refractivity contribution is 5.96. The SMILES string of the molecule is CC.CC.CCCC1CC(=O)N(C/C(C)=C/N=C(C)C#N)C1.